The zero-order valence-corrected chi connectivity index (χ0v) is 15.1. The first kappa shape index (κ1) is 18.3. The lowest BCUT2D eigenvalue weighted by Gasteiger charge is -2.37. The van der Waals surface area contributed by atoms with Gasteiger partial charge in [-0.3, -0.25) is 4.79 Å². The molecular formula is C20H29FN2O2. The van der Waals surface area contributed by atoms with Crippen LogP contribution in [-0.4, -0.2) is 54.6 Å². The van der Waals surface area contributed by atoms with E-state index in [0.29, 0.717) is 18.5 Å². The highest BCUT2D eigenvalue weighted by Gasteiger charge is 2.28. The Labute approximate surface area is 149 Å². The molecule has 2 heterocycles. The number of hydrogen-bond acceptors (Lipinski definition) is 3. The van der Waals surface area contributed by atoms with Crippen molar-refractivity contribution >= 4 is 5.91 Å². The third-order valence-corrected chi connectivity index (χ3v) is 5.45. The molecule has 0 bridgehead atoms. The van der Waals surface area contributed by atoms with E-state index >= 15 is 0 Å². The largest absolute Gasteiger partial charge is 0.378 e. The molecule has 1 unspecified atom stereocenters. The van der Waals surface area contributed by atoms with Gasteiger partial charge in [-0.2, -0.15) is 0 Å². The maximum absolute atomic E-state index is 14.1. The molecular weight excluding hydrogens is 319 g/mol. The molecule has 5 heteroatoms. The quantitative estimate of drug-likeness (QED) is 0.791. The first-order valence-electron chi connectivity index (χ1n) is 9.46. The molecule has 0 aromatic heterocycles. The zero-order chi connectivity index (χ0) is 17.6. The van der Waals surface area contributed by atoms with Crippen LogP contribution in [-0.2, 0) is 16.1 Å². The third kappa shape index (κ3) is 5.02. The number of hydrogen-bond donors (Lipinski definition) is 0. The van der Waals surface area contributed by atoms with Crippen LogP contribution >= 0.6 is 0 Å². The number of carbonyl (C=O) groups is 1. The highest BCUT2D eigenvalue weighted by atomic mass is 19.1. The molecule has 25 heavy (non-hydrogen) atoms. The summed E-state index contributed by atoms with van der Waals surface area (Å²) in [5, 5.41) is 0. The first-order valence-corrected chi connectivity index (χ1v) is 9.46. The average Bonchev–Trinajstić information content (AvgIpc) is 3.13. The van der Waals surface area contributed by atoms with E-state index in [9.17, 15) is 9.18 Å². The fourth-order valence-corrected chi connectivity index (χ4v) is 3.84. The van der Waals surface area contributed by atoms with Gasteiger partial charge in [0.15, 0.2) is 0 Å². The average molecular weight is 348 g/mol. The van der Waals surface area contributed by atoms with Crippen molar-refractivity contribution in [1.82, 2.24) is 9.80 Å². The van der Waals surface area contributed by atoms with Crippen LogP contribution in [0.5, 0.6) is 0 Å². The number of benzene rings is 1. The molecule has 1 atom stereocenters. The SMILES string of the molecule is CN1CCC(N(Cc2ccccc2F)C(=O)CCC2CCCO2)CC1. The van der Waals surface area contributed by atoms with Gasteiger partial charge in [-0.15, -0.1) is 0 Å². The van der Waals surface area contributed by atoms with Crippen molar-refractivity contribution in [2.45, 2.75) is 57.2 Å². The van der Waals surface area contributed by atoms with Gasteiger partial charge in [0.2, 0.25) is 5.91 Å². The molecule has 4 nitrogen and oxygen atoms in total. The van der Waals surface area contributed by atoms with Crippen LogP contribution in [0.1, 0.15) is 44.1 Å². The predicted molar refractivity (Wildman–Crippen MR) is 95.7 cm³/mol. The van der Waals surface area contributed by atoms with Crippen molar-refractivity contribution in [3.8, 4) is 0 Å². The Balaban J connectivity index is 1.66. The smallest absolute Gasteiger partial charge is 0.223 e. The summed E-state index contributed by atoms with van der Waals surface area (Å²) in [7, 11) is 2.11. The standard InChI is InChI=1S/C20H29FN2O2/c1-22-12-10-17(11-13-22)23(15-16-5-2-3-7-19(16)21)20(24)9-8-18-6-4-14-25-18/h2-3,5,7,17-18H,4,6,8-15H2,1H3. The van der Waals surface area contributed by atoms with E-state index in [1.54, 1.807) is 12.1 Å². The lowest BCUT2D eigenvalue weighted by atomic mass is 10.0. The minimum atomic E-state index is -0.229. The summed E-state index contributed by atoms with van der Waals surface area (Å²) in [6, 6.07) is 6.98. The molecule has 1 amide bonds. The van der Waals surface area contributed by atoms with E-state index < -0.39 is 0 Å². The lowest BCUT2D eigenvalue weighted by Crippen LogP contribution is -2.46. The fraction of sp³-hybridized carbons (Fsp3) is 0.650. The van der Waals surface area contributed by atoms with E-state index in [0.717, 1.165) is 51.8 Å². The molecule has 2 fully saturated rings. The van der Waals surface area contributed by atoms with Crippen LogP contribution in [0.3, 0.4) is 0 Å². The van der Waals surface area contributed by atoms with Gasteiger partial charge in [0, 0.05) is 31.2 Å². The van der Waals surface area contributed by atoms with E-state index in [-0.39, 0.29) is 23.9 Å². The molecule has 3 rings (SSSR count). The first-order chi connectivity index (χ1) is 12.1. The van der Waals surface area contributed by atoms with Crippen LogP contribution in [0.4, 0.5) is 4.39 Å². The van der Waals surface area contributed by atoms with Crippen LogP contribution in [0, 0.1) is 5.82 Å². The van der Waals surface area contributed by atoms with Gasteiger partial charge in [-0.25, -0.2) is 4.39 Å². The Morgan fingerprint density at radius 2 is 2.04 bits per heavy atom. The minimum Gasteiger partial charge on any atom is -0.378 e. The van der Waals surface area contributed by atoms with Gasteiger partial charge >= 0.3 is 0 Å². The summed E-state index contributed by atoms with van der Waals surface area (Å²) in [5.41, 5.74) is 0.604. The van der Waals surface area contributed by atoms with E-state index in [1.165, 1.54) is 6.07 Å². The van der Waals surface area contributed by atoms with E-state index in [4.69, 9.17) is 4.74 Å². The molecule has 1 aromatic carbocycles. The van der Waals surface area contributed by atoms with Gasteiger partial charge in [-0.1, -0.05) is 18.2 Å². The molecule has 2 saturated heterocycles. The van der Waals surface area contributed by atoms with Crippen LogP contribution in [0.15, 0.2) is 24.3 Å². The maximum atomic E-state index is 14.1. The predicted octanol–water partition coefficient (Wildman–Crippen LogP) is 3.21. The molecule has 0 radical (unpaired) electrons. The van der Waals surface area contributed by atoms with Gasteiger partial charge < -0.3 is 14.5 Å². The molecule has 138 valence electrons. The number of halogens is 1. The molecule has 0 saturated carbocycles. The highest BCUT2D eigenvalue weighted by Crippen LogP contribution is 2.23. The molecule has 1 aromatic rings. The Kier molecular flexibility index (Phi) is 6.43. The van der Waals surface area contributed by atoms with E-state index in [1.807, 2.05) is 11.0 Å². The molecule has 0 spiro atoms. The number of amides is 1. The normalized spacial score (nSPS) is 22.2. The summed E-state index contributed by atoms with van der Waals surface area (Å²) in [6.45, 7) is 3.15. The van der Waals surface area contributed by atoms with Crippen molar-refractivity contribution in [1.29, 1.82) is 0 Å². The number of nitrogens with zero attached hydrogens (tertiary/aromatic N) is 2. The van der Waals surface area contributed by atoms with Crippen molar-refractivity contribution < 1.29 is 13.9 Å². The summed E-state index contributed by atoms with van der Waals surface area (Å²) < 4.78 is 19.8. The Morgan fingerprint density at radius 1 is 1.28 bits per heavy atom. The Bertz CT molecular complexity index is 567. The second-order valence-corrected chi connectivity index (χ2v) is 7.32. The summed E-state index contributed by atoms with van der Waals surface area (Å²) in [5.74, 6) is -0.0966. The zero-order valence-electron chi connectivity index (χ0n) is 15.1. The molecule has 0 N–H and O–H groups in total. The van der Waals surface area contributed by atoms with Crippen LogP contribution in [0.25, 0.3) is 0 Å². The number of carbonyl (C=O) groups excluding carboxylic acids is 1. The fourth-order valence-electron chi connectivity index (χ4n) is 3.84. The van der Waals surface area contributed by atoms with E-state index in [2.05, 4.69) is 11.9 Å². The Morgan fingerprint density at radius 3 is 2.72 bits per heavy atom. The topological polar surface area (TPSA) is 32.8 Å². The van der Waals surface area contributed by atoms with Crippen molar-refractivity contribution in [3.05, 3.63) is 35.6 Å². The third-order valence-electron chi connectivity index (χ3n) is 5.45. The summed E-state index contributed by atoms with van der Waals surface area (Å²) in [4.78, 5) is 17.1. The van der Waals surface area contributed by atoms with Crippen molar-refractivity contribution in [3.63, 3.8) is 0 Å². The Hall–Kier alpha value is -1.46. The minimum absolute atomic E-state index is 0.133. The molecule has 0 aliphatic carbocycles. The van der Waals surface area contributed by atoms with Crippen molar-refractivity contribution in [2.24, 2.45) is 0 Å². The highest BCUT2D eigenvalue weighted by molar-refractivity contribution is 5.76. The van der Waals surface area contributed by atoms with Gasteiger partial charge in [0.25, 0.3) is 0 Å². The number of ether oxygens (including phenoxy) is 1. The second kappa shape index (κ2) is 8.77. The lowest BCUT2D eigenvalue weighted by molar-refractivity contribution is -0.136. The van der Waals surface area contributed by atoms with Gasteiger partial charge in [-0.05, 0) is 58.3 Å². The molecule has 2 aliphatic heterocycles. The number of rotatable bonds is 6. The maximum Gasteiger partial charge on any atom is 0.223 e. The van der Waals surface area contributed by atoms with Gasteiger partial charge in [0.05, 0.1) is 6.10 Å². The van der Waals surface area contributed by atoms with Crippen LogP contribution < -0.4 is 0 Å². The van der Waals surface area contributed by atoms with Crippen LogP contribution in [0.2, 0.25) is 0 Å². The molecule has 2 aliphatic rings. The summed E-state index contributed by atoms with van der Waals surface area (Å²) in [6.07, 6.45) is 5.54. The summed E-state index contributed by atoms with van der Waals surface area (Å²) >= 11 is 0. The number of likely N-dealkylation sites (tertiary alicyclic amines) is 1. The van der Waals surface area contributed by atoms with Crippen molar-refractivity contribution in [2.75, 3.05) is 26.7 Å². The monoisotopic (exact) mass is 348 g/mol. The number of piperidine rings is 1. The second-order valence-electron chi connectivity index (χ2n) is 7.32. The van der Waals surface area contributed by atoms with Gasteiger partial charge in [0.1, 0.15) is 5.82 Å².